The summed E-state index contributed by atoms with van der Waals surface area (Å²) in [5.74, 6) is 0.721. The molecule has 1 atom stereocenters. The maximum Gasteiger partial charge on any atom is 0.0790 e. The van der Waals surface area contributed by atoms with Crippen LogP contribution in [0.25, 0.3) is 0 Å². The summed E-state index contributed by atoms with van der Waals surface area (Å²) < 4.78 is 1.10. The minimum atomic E-state index is -0.314. The summed E-state index contributed by atoms with van der Waals surface area (Å²) in [6.07, 6.45) is 2.82. The van der Waals surface area contributed by atoms with E-state index in [9.17, 15) is 5.11 Å². The maximum absolute atomic E-state index is 10.0. The fraction of sp³-hybridized carbons (Fsp3) is 0.571. The van der Waals surface area contributed by atoms with Crippen LogP contribution in [-0.2, 0) is 0 Å². The summed E-state index contributed by atoms with van der Waals surface area (Å²) in [7, 11) is 0. The van der Waals surface area contributed by atoms with Crippen molar-refractivity contribution in [3.05, 3.63) is 33.8 Å². The summed E-state index contributed by atoms with van der Waals surface area (Å²) in [6, 6.07) is 6.07. The standard InChI is InChI=1S/C14H21BrO/c1-10(2)5-4-6-14(16)12-7-8-13(15)11(3)9-12/h7-10,14,16H,4-6H2,1-3H3. The summed E-state index contributed by atoms with van der Waals surface area (Å²) in [4.78, 5) is 0. The van der Waals surface area contributed by atoms with Crippen LogP contribution in [0, 0.1) is 12.8 Å². The predicted octanol–water partition coefficient (Wildman–Crippen LogP) is 4.62. The minimum absolute atomic E-state index is 0.314. The lowest BCUT2D eigenvalue weighted by molar-refractivity contribution is 0.162. The molecule has 16 heavy (non-hydrogen) atoms. The largest absolute Gasteiger partial charge is 0.388 e. The van der Waals surface area contributed by atoms with Crippen molar-refractivity contribution >= 4 is 15.9 Å². The van der Waals surface area contributed by atoms with Crippen LogP contribution in [0.15, 0.2) is 22.7 Å². The molecule has 1 N–H and O–H groups in total. The highest BCUT2D eigenvalue weighted by atomic mass is 79.9. The molecule has 0 aliphatic carbocycles. The molecule has 0 aromatic heterocycles. The van der Waals surface area contributed by atoms with E-state index in [1.165, 1.54) is 12.0 Å². The molecule has 0 radical (unpaired) electrons. The average molecular weight is 285 g/mol. The Morgan fingerprint density at radius 3 is 2.50 bits per heavy atom. The van der Waals surface area contributed by atoms with Crippen molar-refractivity contribution in [2.75, 3.05) is 0 Å². The smallest absolute Gasteiger partial charge is 0.0790 e. The Labute approximate surface area is 107 Å². The van der Waals surface area contributed by atoms with E-state index in [0.29, 0.717) is 0 Å². The van der Waals surface area contributed by atoms with Gasteiger partial charge < -0.3 is 5.11 Å². The molecule has 0 saturated carbocycles. The van der Waals surface area contributed by atoms with Gasteiger partial charge in [-0.1, -0.05) is 54.8 Å². The van der Waals surface area contributed by atoms with Crippen LogP contribution in [-0.4, -0.2) is 5.11 Å². The Morgan fingerprint density at radius 1 is 1.25 bits per heavy atom. The molecule has 1 rings (SSSR count). The van der Waals surface area contributed by atoms with Gasteiger partial charge in [-0.25, -0.2) is 0 Å². The average Bonchev–Trinajstić information content (AvgIpc) is 2.21. The number of hydrogen-bond acceptors (Lipinski definition) is 1. The number of aryl methyl sites for hydroxylation is 1. The van der Waals surface area contributed by atoms with Crippen molar-refractivity contribution in [3.63, 3.8) is 0 Å². The first-order valence-electron chi connectivity index (χ1n) is 5.95. The van der Waals surface area contributed by atoms with Crippen LogP contribution < -0.4 is 0 Å². The lowest BCUT2D eigenvalue weighted by Gasteiger charge is -2.13. The van der Waals surface area contributed by atoms with Gasteiger partial charge in [-0.2, -0.15) is 0 Å². The molecule has 2 heteroatoms. The van der Waals surface area contributed by atoms with Crippen molar-refractivity contribution in [1.82, 2.24) is 0 Å². The third kappa shape index (κ3) is 4.26. The normalized spacial score (nSPS) is 13.1. The molecular formula is C14H21BrO. The highest BCUT2D eigenvalue weighted by Crippen LogP contribution is 2.24. The minimum Gasteiger partial charge on any atom is -0.388 e. The molecule has 0 spiro atoms. The Balaban J connectivity index is 2.52. The molecule has 0 aliphatic rings. The van der Waals surface area contributed by atoms with Crippen molar-refractivity contribution in [3.8, 4) is 0 Å². The van der Waals surface area contributed by atoms with Crippen molar-refractivity contribution in [2.24, 2.45) is 5.92 Å². The highest BCUT2D eigenvalue weighted by Gasteiger charge is 2.08. The quantitative estimate of drug-likeness (QED) is 0.837. The van der Waals surface area contributed by atoms with Gasteiger partial charge in [-0.05, 0) is 36.5 Å². The van der Waals surface area contributed by atoms with Crippen LogP contribution in [0.3, 0.4) is 0 Å². The summed E-state index contributed by atoms with van der Waals surface area (Å²) in [6.45, 7) is 6.49. The van der Waals surface area contributed by atoms with Gasteiger partial charge in [0.2, 0.25) is 0 Å². The Bertz CT molecular complexity index is 334. The molecule has 0 saturated heterocycles. The molecule has 0 bridgehead atoms. The topological polar surface area (TPSA) is 20.2 Å². The Kier molecular flexibility index (Phi) is 5.50. The summed E-state index contributed by atoms with van der Waals surface area (Å²) >= 11 is 3.47. The number of benzene rings is 1. The zero-order valence-corrected chi connectivity index (χ0v) is 11.9. The van der Waals surface area contributed by atoms with Gasteiger partial charge in [0.1, 0.15) is 0 Å². The molecule has 0 fully saturated rings. The lowest BCUT2D eigenvalue weighted by atomic mass is 9.99. The number of aliphatic hydroxyl groups is 1. The van der Waals surface area contributed by atoms with E-state index < -0.39 is 0 Å². The number of aliphatic hydroxyl groups excluding tert-OH is 1. The molecule has 0 amide bonds. The maximum atomic E-state index is 10.0. The van der Waals surface area contributed by atoms with Gasteiger partial charge in [0, 0.05) is 4.47 Å². The summed E-state index contributed by atoms with van der Waals surface area (Å²) in [5, 5.41) is 10.0. The SMILES string of the molecule is Cc1cc(C(O)CCCC(C)C)ccc1Br. The van der Waals surface area contributed by atoms with E-state index in [0.717, 1.165) is 28.8 Å². The zero-order valence-electron chi connectivity index (χ0n) is 10.3. The number of rotatable bonds is 5. The van der Waals surface area contributed by atoms with E-state index in [1.54, 1.807) is 0 Å². The van der Waals surface area contributed by atoms with E-state index in [2.05, 4.69) is 42.8 Å². The van der Waals surface area contributed by atoms with Crippen molar-refractivity contribution in [2.45, 2.75) is 46.1 Å². The molecule has 0 heterocycles. The van der Waals surface area contributed by atoms with Gasteiger partial charge in [-0.3, -0.25) is 0 Å². The van der Waals surface area contributed by atoms with E-state index in [4.69, 9.17) is 0 Å². The third-order valence-corrected chi connectivity index (χ3v) is 3.72. The Morgan fingerprint density at radius 2 is 1.94 bits per heavy atom. The molecule has 1 aromatic carbocycles. The lowest BCUT2D eigenvalue weighted by Crippen LogP contribution is -1.99. The fourth-order valence-electron chi connectivity index (χ4n) is 1.76. The van der Waals surface area contributed by atoms with E-state index >= 15 is 0 Å². The monoisotopic (exact) mass is 284 g/mol. The molecule has 1 nitrogen and oxygen atoms in total. The van der Waals surface area contributed by atoms with Gasteiger partial charge >= 0.3 is 0 Å². The second-order valence-corrected chi connectivity index (χ2v) is 5.70. The number of hydrogen-bond donors (Lipinski definition) is 1. The predicted molar refractivity (Wildman–Crippen MR) is 72.5 cm³/mol. The van der Waals surface area contributed by atoms with Crippen molar-refractivity contribution < 1.29 is 5.11 Å². The second kappa shape index (κ2) is 6.41. The van der Waals surface area contributed by atoms with E-state index in [1.807, 2.05) is 12.1 Å². The van der Waals surface area contributed by atoms with Gasteiger partial charge in [0.15, 0.2) is 0 Å². The van der Waals surface area contributed by atoms with Crippen molar-refractivity contribution in [1.29, 1.82) is 0 Å². The Hall–Kier alpha value is -0.340. The molecule has 1 unspecified atom stereocenters. The fourth-order valence-corrected chi connectivity index (χ4v) is 2.01. The first-order chi connectivity index (χ1) is 7.50. The van der Waals surface area contributed by atoms with E-state index in [-0.39, 0.29) is 6.10 Å². The van der Waals surface area contributed by atoms with Crippen LogP contribution in [0.4, 0.5) is 0 Å². The zero-order chi connectivity index (χ0) is 12.1. The van der Waals surface area contributed by atoms with Gasteiger partial charge in [0.25, 0.3) is 0 Å². The van der Waals surface area contributed by atoms with Crippen LogP contribution in [0.5, 0.6) is 0 Å². The van der Waals surface area contributed by atoms with Crippen LogP contribution >= 0.6 is 15.9 Å². The van der Waals surface area contributed by atoms with Gasteiger partial charge in [-0.15, -0.1) is 0 Å². The van der Waals surface area contributed by atoms with Crippen LogP contribution in [0.1, 0.15) is 50.3 Å². The van der Waals surface area contributed by atoms with Crippen LogP contribution in [0.2, 0.25) is 0 Å². The third-order valence-electron chi connectivity index (χ3n) is 2.83. The highest BCUT2D eigenvalue weighted by molar-refractivity contribution is 9.10. The first-order valence-corrected chi connectivity index (χ1v) is 6.74. The second-order valence-electron chi connectivity index (χ2n) is 4.85. The first kappa shape index (κ1) is 13.7. The molecule has 0 aliphatic heterocycles. The van der Waals surface area contributed by atoms with Gasteiger partial charge in [0.05, 0.1) is 6.10 Å². The summed E-state index contributed by atoms with van der Waals surface area (Å²) in [5.41, 5.74) is 2.21. The molecular weight excluding hydrogens is 264 g/mol. The number of halogens is 1. The molecule has 1 aromatic rings. The molecule has 90 valence electrons.